The number of carbonyl (C=O) groups excluding carboxylic acids is 2. The molecule has 0 fully saturated rings. The highest BCUT2D eigenvalue weighted by atomic mass is 32.2. The van der Waals surface area contributed by atoms with Crippen LogP contribution in [0.5, 0.6) is 0 Å². The van der Waals surface area contributed by atoms with E-state index in [0.29, 0.717) is 11.3 Å². The third kappa shape index (κ3) is 5.71. The minimum absolute atomic E-state index is 0.0350. The van der Waals surface area contributed by atoms with E-state index in [4.69, 9.17) is 5.73 Å². The lowest BCUT2D eigenvalue weighted by atomic mass is 10.1. The molecule has 0 bridgehead atoms. The third-order valence-corrected chi connectivity index (χ3v) is 5.08. The lowest BCUT2D eigenvalue weighted by molar-refractivity contribution is 0.0936. The number of rotatable bonds is 7. The Labute approximate surface area is 157 Å². The van der Waals surface area contributed by atoms with Crippen molar-refractivity contribution >= 4 is 27.7 Å². The monoisotopic (exact) mass is 391 g/mol. The predicted octanol–water partition coefficient (Wildman–Crippen LogP) is 1.93. The van der Waals surface area contributed by atoms with E-state index in [0.717, 1.165) is 5.56 Å². The van der Waals surface area contributed by atoms with Crippen molar-refractivity contribution in [3.05, 3.63) is 59.2 Å². The molecule has 0 aliphatic carbocycles. The fraction of sp³-hybridized carbons (Fsp3) is 0.222. The summed E-state index contributed by atoms with van der Waals surface area (Å²) in [7, 11) is -3.85. The Morgan fingerprint density at radius 2 is 1.74 bits per heavy atom. The molecular weight excluding hydrogens is 370 g/mol. The van der Waals surface area contributed by atoms with Crippen LogP contribution in [-0.4, -0.2) is 33.6 Å². The smallest absolute Gasteiger partial charge is 0.404 e. The van der Waals surface area contributed by atoms with E-state index in [1.165, 1.54) is 12.1 Å². The lowest BCUT2D eigenvalue weighted by Crippen LogP contribution is -2.29. The molecule has 27 heavy (non-hydrogen) atoms. The van der Waals surface area contributed by atoms with Crippen molar-refractivity contribution < 1.29 is 22.7 Å². The molecule has 0 unspecified atom stereocenters. The van der Waals surface area contributed by atoms with Crippen LogP contribution in [0.25, 0.3) is 0 Å². The van der Waals surface area contributed by atoms with Crippen LogP contribution in [0.3, 0.4) is 0 Å². The molecule has 0 radical (unpaired) electrons. The first-order chi connectivity index (χ1) is 12.7. The number of sulfonamides is 1. The van der Waals surface area contributed by atoms with E-state index < -0.39 is 22.0 Å². The van der Waals surface area contributed by atoms with Gasteiger partial charge in [0.2, 0.25) is 0 Å². The van der Waals surface area contributed by atoms with Gasteiger partial charge in [0.05, 0.1) is 11.4 Å². The van der Waals surface area contributed by atoms with E-state index in [1.54, 1.807) is 37.3 Å². The molecule has 0 saturated heterocycles. The molecule has 2 amide bonds. The van der Waals surface area contributed by atoms with E-state index in [1.807, 2.05) is 6.92 Å². The number of primary amides is 1. The van der Waals surface area contributed by atoms with Gasteiger partial charge < -0.3 is 15.8 Å². The maximum absolute atomic E-state index is 12.6. The van der Waals surface area contributed by atoms with Gasteiger partial charge in [0.15, 0.2) is 0 Å². The summed E-state index contributed by atoms with van der Waals surface area (Å²) in [6, 6.07) is 11.2. The highest BCUT2D eigenvalue weighted by Crippen LogP contribution is 2.19. The number of benzene rings is 2. The first-order valence-electron chi connectivity index (χ1n) is 8.09. The van der Waals surface area contributed by atoms with Crippen LogP contribution < -0.4 is 15.8 Å². The zero-order valence-corrected chi connectivity index (χ0v) is 15.8. The molecule has 144 valence electrons. The number of hydrogen-bond donors (Lipinski definition) is 3. The van der Waals surface area contributed by atoms with Crippen molar-refractivity contribution in [2.75, 3.05) is 17.9 Å². The van der Waals surface area contributed by atoms with E-state index in [2.05, 4.69) is 14.8 Å². The second-order valence-electron chi connectivity index (χ2n) is 5.87. The number of ether oxygens (including phenoxy) is 1. The van der Waals surface area contributed by atoms with Crippen molar-refractivity contribution in [1.29, 1.82) is 0 Å². The molecule has 8 nitrogen and oxygen atoms in total. The number of amides is 2. The van der Waals surface area contributed by atoms with Gasteiger partial charge in [-0.1, -0.05) is 23.8 Å². The molecule has 9 heteroatoms. The Balaban J connectivity index is 2.16. The normalized spacial score (nSPS) is 10.9. The zero-order chi connectivity index (χ0) is 20.0. The highest BCUT2D eigenvalue weighted by Gasteiger charge is 2.18. The molecule has 0 aliphatic rings. The topological polar surface area (TPSA) is 128 Å². The SMILES string of the molecule is Cc1ccc(NS(=O)(=O)c2ccc(C)c(C(=O)NCCOC(N)=O)c2)cc1. The first-order valence-corrected chi connectivity index (χ1v) is 9.58. The molecule has 2 rings (SSSR count). The summed E-state index contributed by atoms with van der Waals surface area (Å²) < 4.78 is 32.2. The molecular formula is C18H21N3O5S. The summed E-state index contributed by atoms with van der Waals surface area (Å²) in [6.45, 7) is 3.57. The Kier molecular flexibility index (Phi) is 6.40. The molecule has 4 N–H and O–H groups in total. The minimum Gasteiger partial charge on any atom is -0.448 e. The number of hydrogen-bond acceptors (Lipinski definition) is 5. The maximum Gasteiger partial charge on any atom is 0.404 e. The Hall–Kier alpha value is -3.07. The summed E-state index contributed by atoms with van der Waals surface area (Å²) in [5.41, 5.74) is 7.09. The van der Waals surface area contributed by atoms with Gasteiger partial charge >= 0.3 is 6.09 Å². The van der Waals surface area contributed by atoms with Crippen LogP contribution >= 0.6 is 0 Å². The van der Waals surface area contributed by atoms with Crippen molar-refractivity contribution in [2.24, 2.45) is 5.73 Å². The van der Waals surface area contributed by atoms with Crippen LogP contribution in [0.2, 0.25) is 0 Å². The van der Waals surface area contributed by atoms with Gasteiger partial charge in [-0.3, -0.25) is 9.52 Å². The van der Waals surface area contributed by atoms with Crippen molar-refractivity contribution in [2.45, 2.75) is 18.7 Å². The average molecular weight is 391 g/mol. The maximum atomic E-state index is 12.6. The van der Waals surface area contributed by atoms with E-state index >= 15 is 0 Å². The molecule has 0 saturated carbocycles. The van der Waals surface area contributed by atoms with Crippen LogP contribution in [-0.2, 0) is 14.8 Å². The second-order valence-corrected chi connectivity index (χ2v) is 7.55. The molecule has 0 heterocycles. The Bertz CT molecular complexity index is 940. The number of anilines is 1. The number of carbonyl (C=O) groups is 2. The fourth-order valence-corrected chi connectivity index (χ4v) is 3.34. The van der Waals surface area contributed by atoms with Gasteiger partial charge in [-0.05, 0) is 43.7 Å². The van der Waals surface area contributed by atoms with Gasteiger partial charge in [0, 0.05) is 11.3 Å². The van der Waals surface area contributed by atoms with Crippen molar-refractivity contribution in [3.8, 4) is 0 Å². The van der Waals surface area contributed by atoms with Crippen molar-refractivity contribution in [1.82, 2.24) is 5.32 Å². The Morgan fingerprint density at radius 3 is 2.37 bits per heavy atom. The summed E-state index contributed by atoms with van der Waals surface area (Å²) in [5.74, 6) is -0.479. The van der Waals surface area contributed by atoms with Crippen LogP contribution in [0.4, 0.5) is 10.5 Å². The summed E-state index contributed by atoms with van der Waals surface area (Å²) in [4.78, 5) is 22.8. The molecule has 0 atom stereocenters. The van der Waals surface area contributed by atoms with E-state index in [-0.39, 0.29) is 23.6 Å². The van der Waals surface area contributed by atoms with Gasteiger partial charge in [-0.25, -0.2) is 13.2 Å². The molecule has 2 aromatic carbocycles. The fourth-order valence-electron chi connectivity index (χ4n) is 2.26. The zero-order valence-electron chi connectivity index (χ0n) is 15.0. The minimum atomic E-state index is -3.85. The highest BCUT2D eigenvalue weighted by molar-refractivity contribution is 7.92. The number of nitrogens with one attached hydrogen (secondary N) is 2. The third-order valence-electron chi connectivity index (χ3n) is 3.70. The predicted molar refractivity (Wildman–Crippen MR) is 101 cm³/mol. The summed E-state index contributed by atoms with van der Waals surface area (Å²) in [5, 5.41) is 2.54. The Morgan fingerprint density at radius 1 is 1.07 bits per heavy atom. The molecule has 0 spiro atoms. The number of aryl methyl sites for hydroxylation is 2. The largest absolute Gasteiger partial charge is 0.448 e. The van der Waals surface area contributed by atoms with Gasteiger partial charge in [-0.15, -0.1) is 0 Å². The lowest BCUT2D eigenvalue weighted by Gasteiger charge is -2.12. The number of nitrogens with two attached hydrogens (primary N) is 1. The summed E-state index contributed by atoms with van der Waals surface area (Å²) >= 11 is 0. The van der Waals surface area contributed by atoms with Crippen LogP contribution in [0.1, 0.15) is 21.5 Å². The molecule has 0 aromatic heterocycles. The molecule has 2 aromatic rings. The second kappa shape index (κ2) is 8.54. The standard InChI is InChI=1S/C18H21N3O5S/c1-12-3-6-14(7-4-12)21-27(24,25)15-8-5-13(2)16(11-15)17(22)20-9-10-26-18(19)23/h3-8,11,21H,9-10H2,1-2H3,(H2,19,23)(H,20,22). The average Bonchev–Trinajstić information content (AvgIpc) is 2.60. The molecule has 0 aliphatic heterocycles. The van der Waals surface area contributed by atoms with Crippen molar-refractivity contribution in [3.63, 3.8) is 0 Å². The van der Waals surface area contributed by atoms with Gasteiger partial charge in [-0.2, -0.15) is 0 Å². The quantitative estimate of drug-likeness (QED) is 0.622. The van der Waals surface area contributed by atoms with E-state index in [9.17, 15) is 18.0 Å². The van der Waals surface area contributed by atoms with Crippen LogP contribution in [0.15, 0.2) is 47.4 Å². The summed E-state index contributed by atoms with van der Waals surface area (Å²) in [6.07, 6.45) is -0.935. The van der Waals surface area contributed by atoms with Gasteiger partial charge in [0.1, 0.15) is 6.61 Å². The van der Waals surface area contributed by atoms with Crippen LogP contribution in [0, 0.1) is 13.8 Å². The first kappa shape index (κ1) is 20.2. The van der Waals surface area contributed by atoms with Gasteiger partial charge in [0.25, 0.3) is 15.9 Å².